The van der Waals surface area contributed by atoms with E-state index in [0.29, 0.717) is 0 Å². The van der Waals surface area contributed by atoms with Crippen molar-refractivity contribution < 1.29 is 12.6 Å². The van der Waals surface area contributed by atoms with Gasteiger partial charge in [-0.15, -0.1) is 24.9 Å². The van der Waals surface area contributed by atoms with Gasteiger partial charge >= 0.3 is 11.4 Å². The van der Waals surface area contributed by atoms with Gasteiger partial charge in [0, 0.05) is 5.75 Å². The third kappa shape index (κ3) is 9.73. The normalized spacial score (nSPS) is 12.9. The Balaban J connectivity index is 3.33. The fourth-order valence-electron chi connectivity index (χ4n) is 0.463. The molecular weight excluding hydrogens is 220 g/mol. The predicted octanol–water partition coefficient (Wildman–Crippen LogP) is 2.22. The number of hydrogen-bond acceptors (Lipinski definition) is 4. The van der Waals surface area contributed by atoms with Crippen molar-refractivity contribution in [3.63, 3.8) is 0 Å². The molecule has 1 atom stereocenters. The van der Waals surface area contributed by atoms with Gasteiger partial charge in [-0.2, -0.15) is 4.21 Å². The highest BCUT2D eigenvalue weighted by molar-refractivity contribution is 8.02. The summed E-state index contributed by atoms with van der Waals surface area (Å²) >= 11 is -0.0908. The van der Waals surface area contributed by atoms with Gasteiger partial charge in [0.1, 0.15) is 0 Å². The van der Waals surface area contributed by atoms with Crippen LogP contribution in [-0.4, -0.2) is 23.2 Å². The molecule has 14 heavy (non-hydrogen) atoms. The Kier molecular flexibility index (Phi) is 10.4. The van der Waals surface area contributed by atoms with Crippen molar-refractivity contribution in [1.82, 2.24) is 0 Å². The summed E-state index contributed by atoms with van der Waals surface area (Å²) in [7, 11) is 0. The van der Waals surface area contributed by atoms with Crippen LogP contribution in [-0.2, 0) is 19.7 Å². The average molecular weight is 234 g/mol. The van der Waals surface area contributed by atoms with Crippen molar-refractivity contribution in [3.8, 4) is 0 Å². The van der Waals surface area contributed by atoms with Gasteiger partial charge in [-0.1, -0.05) is 18.2 Å². The molecule has 0 rings (SSSR count). The van der Waals surface area contributed by atoms with E-state index in [2.05, 4.69) is 13.2 Å². The van der Waals surface area contributed by atoms with Crippen LogP contribution in [0.2, 0.25) is 0 Å². The summed E-state index contributed by atoms with van der Waals surface area (Å²) in [5.74, 6) is 0.854. The average Bonchev–Trinajstić information content (AvgIpc) is 2.20. The topological polar surface area (TPSA) is 35.5 Å². The molecule has 0 heterocycles. The summed E-state index contributed by atoms with van der Waals surface area (Å²) in [5, 5.41) is 1.87. The molecule has 0 fully saturated rings. The summed E-state index contributed by atoms with van der Waals surface area (Å²) < 4.78 is 20.3. The predicted molar refractivity (Wildman–Crippen MR) is 62.0 cm³/mol. The Morgan fingerprint density at radius 3 is 2.57 bits per heavy atom. The second-order valence-electron chi connectivity index (χ2n) is 2.06. The van der Waals surface area contributed by atoms with Crippen LogP contribution >= 0.6 is 11.8 Å². The first-order valence-electron chi connectivity index (χ1n) is 3.98. The highest BCUT2D eigenvalue weighted by Crippen LogP contribution is 2.01. The zero-order valence-electron chi connectivity index (χ0n) is 7.89. The second-order valence-corrected chi connectivity index (χ2v) is 3.87. The van der Waals surface area contributed by atoms with Crippen LogP contribution in [0.1, 0.15) is 0 Å². The minimum absolute atomic E-state index is 0.224. The number of thioether (sulfide) groups is 1. The van der Waals surface area contributed by atoms with Crippen LogP contribution in [0, 0.1) is 0 Å². The first-order valence-corrected chi connectivity index (χ1v) is 6.03. The molecule has 0 unspecified atom stereocenters. The number of hydrogen-bond donors (Lipinski definition) is 0. The molecule has 0 saturated carbocycles. The van der Waals surface area contributed by atoms with E-state index in [9.17, 15) is 4.21 Å². The molecule has 0 spiro atoms. The lowest BCUT2D eigenvalue weighted by molar-refractivity contribution is 0.289. The van der Waals surface area contributed by atoms with Gasteiger partial charge < -0.3 is 0 Å². The van der Waals surface area contributed by atoms with Crippen LogP contribution < -0.4 is 0 Å². The lowest BCUT2D eigenvalue weighted by atomic mass is 10.7. The highest BCUT2D eigenvalue weighted by atomic mass is 32.2. The molecule has 0 aromatic carbocycles. The molecule has 0 aromatic rings. The van der Waals surface area contributed by atoms with E-state index in [0.717, 1.165) is 5.75 Å². The minimum atomic E-state index is -1.68. The fourth-order valence-corrected chi connectivity index (χ4v) is 1.39. The van der Waals surface area contributed by atoms with Gasteiger partial charge in [0.2, 0.25) is 0 Å². The van der Waals surface area contributed by atoms with Crippen LogP contribution in [0.15, 0.2) is 36.8 Å². The zero-order valence-corrected chi connectivity index (χ0v) is 9.52. The first-order chi connectivity index (χ1) is 6.81. The van der Waals surface area contributed by atoms with Crippen LogP contribution in [0.4, 0.5) is 0 Å². The molecule has 3 nitrogen and oxygen atoms in total. The van der Waals surface area contributed by atoms with E-state index < -0.39 is 11.4 Å². The van der Waals surface area contributed by atoms with Gasteiger partial charge in [0.25, 0.3) is 0 Å². The third-order valence-corrected chi connectivity index (χ3v) is 2.42. The fraction of sp³-hybridized carbons (Fsp3) is 0.333. The van der Waals surface area contributed by atoms with Gasteiger partial charge in [0.15, 0.2) is 0 Å². The van der Waals surface area contributed by atoms with Crippen molar-refractivity contribution >= 4 is 23.1 Å². The van der Waals surface area contributed by atoms with Crippen LogP contribution in [0.5, 0.6) is 0 Å². The molecule has 80 valence electrons. The summed E-state index contributed by atoms with van der Waals surface area (Å²) in [4.78, 5) is 0. The summed E-state index contributed by atoms with van der Waals surface area (Å²) in [6.45, 7) is 7.49. The Morgan fingerprint density at radius 2 is 1.93 bits per heavy atom. The minimum Gasteiger partial charge on any atom is -0.264 e. The largest absolute Gasteiger partial charge is 0.305 e. The summed E-state index contributed by atoms with van der Waals surface area (Å²) in [5.41, 5.74) is 0. The van der Waals surface area contributed by atoms with Crippen molar-refractivity contribution in [1.29, 1.82) is 0 Å². The molecule has 0 radical (unpaired) electrons. The Hall–Kier alpha value is -0.360. The molecular formula is C9H14O3S2. The van der Waals surface area contributed by atoms with Crippen LogP contribution in [0.25, 0.3) is 0 Å². The van der Waals surface area contributed by atoms with E-state index >= 15 is 0 Å². The van der Waals surface area contributed by atoms with Crippen LogP contribution in [0.3, 0.4) is 0 Å². The maximum atomic E-state index is 10.9. The smallest absolute Gasteiger partial charge is 0.264 e. The van der Waals surface area contributed by atoms with Gasteiger partial charge in [0.05, 0.1) is 13.2 Å². The van der Waals surface area contributed by atoms with Gasteiger partial charge in [-0.05, 0) is 5.41 Å². The highest BCUT2D eigenvalue weighted by Gasteiger charge is 1.95. The van der Waals surface area contributed by atoms with E-state index in [1.165, 1.54) is 6.08 Å². The lowest BCUT2D eigenvalue weighted by Gasteiger charge is -1.97. The van der Waals surface area contributed by atoms with Gasteiger partial charge in [-0.3, -0.25) is 8.37 Å². The van der Waals surface area contributed by atoms with Crippen molar-refractivity contribution in [3.05, 3.63) is 36.8 Å². The molecule has 0 saturated heterocycles. The molecule has 0 aromatic heterocycles. The third-order valence-electron chi connectivity index (χ3n) is 0.949. The summed E-state index contributed by atoms with van der Waals surface area (Å²) in [6, 6.07) is 0. The lowest BCUT2D eigenvalue weighted by Crippen LogP contribution is -2.01. The molecule has 0 N–H and O–H groups in total. The SMILES string of the molecule is C=CCO[S@](=O)OC/C=C/SCC=C. The van der Waals surface area contributed by atoms with E-state index in [1.807, 2.05) is 5.41 Å². The molecule has 0 bridgehead atoms. The van der Waals surface area contributed by atoms with E-state index in [-0.39, 0.29) is 13.2 Å². The molecule has 0 amide bonds. The van der Waals surface area contributed by atoms with E-state index in [1.54, 1.807) is 23.9 Å². The van der Waals surface area contributed by atoms with Crippen molar-refractivity contribution in [2.75, 3.05) is 19.0 Å². The standard InChI is InChI=1S/C9H14O3S2/c1-3-6-11-14(10)12-7-5-9-13-8-4-2/h3-5,9H,1-2,6-8H2/b9-5+/t14-/m0/s1. The molecule has 0 aliphatic heterocycles. The monoisotopic (exact) mass is 234 g/mol. The number of rotatable bonds is 9. The second kappa shape index (κ2) is 10.7. The van der Waals surface area contributed by atoms with E-state index in [4.69, 9.17) is 8.37 Å². The molecule has 5 heteroatoms. The molecule has 0 aliphatic carbocycles. The maximum absolute atomic E-state index is 10.9. The summed E-state index contributed by atoms with van der Waals surface area (Å²) in [6.07, 6.45) is 5.08. The Morgan fingerprint density at radius 1 is 1.21 bits per heavy atom. The maximum Gasteiger partial charge on any atom is 0.305 e. The van der Waals surface area contributed by atoms with Gasteiger partial charge in [-0.25, -0.2) is 0 Å². The Bertz CT molecular complexity index is 214. The van der Waals surface area contributed by atoms with Crippen molar-refractivity contribution in [2.45, 2.75) is 0 Å². The Labute approximate surface area is 91.7 Å². The van der Waals surface area contributed by atoms with Crippen molar-refractivity contribution in [2.24, 2.45) is 0 Å². The molecule has 0 aliphatic rings. The quantitative estimate of drug-likeness (QED) is 0.452. The first kappa shape index (κ1) is 13.6. The zero-order chi connectivity index (χ0) is 10.6.